The minimum Gasteiger partial charge on any atom is -0.397 e. The van der Waals surface area contributed by atoms with Crippen molar-refractivity contribution in [2.24, 2.45) is 0 Å². The molecule has 0 unspecified atom stereocenters. The summed E-state index contributed by atoms with van der Waals surface area (Å²) in [4.78, 5) is 1.43. The fourth-order valence-electron chi connectivity index (χ4n) is 1.71. The number of hydrogen-bond acceptors (Lipinski definition) is 4. The van der Waals surface area contributed by atoms with Crippen LogP contribution in [0.4, 0.5) is 5.69 Å². The van der Waals surface area contributed by atoms with Crippen molar-refractivity contribution in [3.63, 3.8) is 0 Å². The molecule has 0 aliphatic carbocycles. The highest BCUT2D eigenvalue weighted by Gasteiger charge is 2.09. The first-order chi connectivity index (χ1) is 9.24. The fraction of sp³-hybridized carbons (Fsp3) is 0. The number of nitrogens with zero attached hydrogens (tertiary/aromatic N) is 4. The second-order valence-corrected chi connectivity index (χ2v) is 4.89. The quantitative estimate of drug-likeness (QED) is 0.738. The van der Waals surface area contributed by atoms with Crippen LogP contribution in [0, 0.1) is 0 Å². The van der Waals surface area contributed by atoms with Crippen LogP contribution in [-0.4, -0.2) is 20.2 Å². The van der Waals surface area contributed by atoms with Gasteiger partial charge in [-0.2, -0.15) is 0 Å². The third-order valence-electron chi connectivity index (χ3n) is 2.65. The second kappa shape index (κ2) is 4.81. The van der Waals surface area contributed by atoms with Crippen LogP contribution in [0.1, 0.15) is 0 Å². The van der Waals surface area contributed by atoms with Crippen LogP contribution in [0.5, 0.6) is 0 Å². The lowest BCUT2D eigenvalue weighted by Gasteiger charge is -2.03. The maximum atomic E-state index is 5.92. The normalized spacial score (nSPS) is 10.6. The maximum absolute atomic E-state index is 5.92. The molecule has 0 saturated heterocycles. The number of hydrogen-bond donors (Lipinski definition) is 1. The fourth-order valence-corrected chi connectivity index (χ4v) is 2.06. The number of anilines is 1. The van der Waals surface area contributed by atoms with E-state index in [2.05, 4.69) is 31.3 Å². The summed E-state index contributed by atoms with van der Waals surface area (Å²) in [5.74, 6) is 0.569. The highest BCUT2D eigenvalue weighted by molar-refractivity contribution is 9.10. The van der Waals surface area contributed by atoms with Crippen LogP contribution >= 0.6 is 15.9 Å². The molecule has 2 N–H and O–H groups in total. The molecule has 0 radical (unpaired) electrons. The Morgan fingerprint density at radius 1 is 1.05 bits per heavy atom. The van der Waals surface area contributed by atoms with E-state index in [0.717, 1.165) is 10.0 Å². The first kappa shape index (κ1) is 11.9. The van der Waals surface area contributed by atoms with Crippen molar-refractivity contribution in [2.75, 3.05) is 5.73 Å². The molecule has 1 heterocycles. The molecule has 3 rings (SSSR count). The van der Waals surface area contributed by atoms with Crippen LogP contribution in [0.15, 0.2) is 53.0 Å². The molecule has 0 spiro atoms. The summed E-state index contributed by atoms with van der Waals surface area (Å²) in [6, 6.07) is 15.2. The average molecular weight is 316 g/mol. The van der Waals surface area contributed by atoms with E-state index >= 15 is 0 Å². The van der Waals surface area contributed by atoms with Gasteiger partial charge < -0.3 is 5.73 Å². The van der Waals surface area contributed by atoms with E-state index in [4.69, 9.17) is 5.73 Å². The van der Waals surface area contributed by atoms with E-state index in [1.54, 1.807) is 6.07 Å². The van der Waals surface area contributed by atoms with Gasteiger partial charge in [0.15, 0.2) is 0 Å². The van der Waals surface area contributed by atoms with E-state index in [-0.39, 0.29) is 0 Å². The molecule has 0 bridgehead atoms. The minimum atomic E-state index is 0.569. The second-order valence-electron chi connectivity index (χ2n) is 3.97. The minimum absolute atomic E-state index is 0.569. The number of rotatable bonds is 2. The van der Waals surface area contributed by atoms with Crippen LogP contribution < -0.4 is 5.73 Å². The van der Waals surface area contributed by atoms with Crippen molar-refractivity contribution in [2.45, 2.75) is 0 Å². The van der Waals surface area contributed by atoms with Crippen molar-refractivity contribution in [1.82, 2.24) is 20.2 Å². The molecular weight excluding hydrogens is 306 g/mol. The van der Waals surface area contributed by atoms with E-state index in [9.17, 15) is 0 Å². The Balaban J connectivity index is 2.04. The smallest absolute Gasteiger partial charge is 0.205 e. The summed E-state index contributed by atoms with van der Waals surface area (Å²) < 4.78 is 0.912. The summed E-state index contributed by atoms with van der Waals surface area (Å²) >= 11 is 3.40. The van der Waals surface area contributed by atoms with Gasteiger partial charge in [0.1, 0.15) is 5.69 Å². The highest BCUT2D eigenvalue weighted by atomic mass is 79.9. The van der Waals surface area contributed by atoms with Gasteiger partial charge in [-0.15, -0.1) is 15.0 Å². The van der Waals surface area contributed by atoms with Gasteiger partial charge in [0.05, 0.1) is 5.69 Å². The van der Waals surface area contributed by atoms with Crippen LogP contribution in [0.2, 0.25) is 0 Å². The van der Waals surface area contributed by atoms with E-state index in [1.807, 2.05) is 42.5 Å². The summed E-state index contributed by atoms with van der Waals surface area (Å²) in [5.41, 5.74) is 8.13. The summed E-state index contributed by atoms with van der Waals surface area (Å²) in [6.07, 6.45) is 0. The highest BCUT2D eigenvalue weighted by Crippen LogP contribution is 2.21. The molecule has 0 saturated carbocycles. The molecule has 0 fully saturated rings. The molecule has 19 heavy (non-hydrogen) atoms. The van der Waals surface area contributed by atoms with Gasteiger partial charge in [0, 0.05) is 10.0 Å². The zero-order valence-corrected chi connectivity index (χ0v) is 11.4. The number of benzene rings is 2. The Hall–Kier alpha value is -2.21. The molecule has 0 aliphatic heterocycles. The van der Waals surface area contributed by atoms with Gasteiger partial charge in [0.2, 0.25) is 5.82 Å². The predicted octanol–water partition coefficient (Wildman–Crippen LogP) is 2.67. The number of tetrazole rings is 1. The van der Waals surface area contributed by atoms with E-state index < -0.39 is 0 Å². The molecule has 6 heteroatoms. The van der Waals surface area contributed by atoms with Gasteiger partial charge in [-0.1, -0.05) is 46.3 Å². The number of aromatic nitrogens is 4. The van der Waals surface area contributed by atoms with E-state index in [0.29, 0.717) is 17.2 Å². The lowest BCUT2D eigenvalue weighted by atomic mass is 10.2. The van der Waals surface area contributed by atoms with Crippen molar-refractivity contribution >= 4 is 21.6 Å². The summed E-state index contributed by atoms with van der Waals surface area (Å²) in [5, 5.41) is 12.4. The van der Waals surface area contributed by atoms with Crippen molar-refractivity contribution in [3.05, 3.63) is 53.0 Å². The predicted molar refractivity (Wildman–Crippen MR) is 76.7 cm³/mol. The van der Waals surface area contributed by atoms with Gasteiger partial charge >= 0.3 is 0 Å². The topological polar surface area (TPSA) is 69.6 Å². The number of halogens is 1. The van der Waals surface area contributed by atoms with Gasteiger partial charge in [-0.3, -0.25) is 0 Å². The average Bonchev–Trinajstić information content (AvgIpc) is 2.92. The SMILES string of the molecule is Nc1ccc(Br)cc1-n1nnc(-c2ccccc2)n1. The standard InChI is InChI=1S/C13H10BrN5/c14-10-6-7-11(15)12(8-10)19-17-13(16-18-19)9-4-2-1-3-5-9/h1-8H,15H2. The Bertz CT molecular complexity index is 708. The number of nitrogen functional groups attached to an aromatic ring is 1. The summed E-state index contributed by atoms with van der Waals surface area (Å²) in [6.45, 7) is 0. The largest absolute Gasteiger partial charge is 0.397 e. The Morgan fingerprint density at radius 2 is 1.84 bits per heavy atom. The van der Waals surface area contributed by atoms with Crippen LogP contribution in [0.3, 0.4) is 0 Å². The van der Waals surface area contributed by atoms with E-state index in [1.165, 1.54) is 4.80 Å². The molecular formula is C13H10BrN5. The first-order valence-corrected chi connectivity index (χ1v) is 6.44. The monoisotopic (exact) mass is 315 g/mol. The maximum Gasteiger partial charge on any atom is 0.205 e. The van der Waals surface area contributed by atoms with Crippen molar-refractivity contribution < 1.29 is 0 Å². The first-order valence-electron chi connectivity index (χ1n) is 5.65. The lowest BCUT2D eigenvalue weighted by Crippen LogP contribution is -2.03. The molecule has 0 atom stereocenters. The van der Waals surface area contributed by atoms with Crippen molar-refractivity contribution in [3.8, 4) is 17.1 Å². The molecule has 0 amide bonds. The zero-order valence-electron chi connectivity index (χ0n) is 9.86. The third kappa shape index (κ3) is 2.34. The molecule has 2 aromatic carbocycles. The van der Waals surface area contributed by atoms with Gasteiger partial charge in [-0.05, 0) is 23.4 Å². The molecule has 0 aliphatic rings. The van der Waals surface area contributed by atoms with Crippen LogP contribution in [0.25, 0.3) is 17.1 Å². The Morgan fingerprint density at radius 3 is 2.63 bits per heavy atom. The third-order valence-corrected chi connectivity index (χ3v) is 3.15. The molecule has 94 valence electrons. The molecule has 5 nitrogen and oxygen atoms in total. The van der Waals surface area contributed by atoms with Gasteiger partial charge in [0.25, 0.3) is 0 Å². The zero-order chi connectivity index (χ0) is 13.2. The van der Waals surface area contributed by atoms with Gasteiger partial charge in [-0.25, -0.2) is 0 Å². The van der Waals surface area contributed by atoms with Crippen LogP contribution in [-0.2, 0) is 0 Å². The Kier molecular flexibility index (Phi) is 3.00. The summed E-state index contributed by atoms with van der Waals surface area (Å²) in [7, 11) is 0. The lowest BCUT2D eigenvalue weighted by molar-refractivity contribution is 0.721. The Labute approximate surface area is 118 Å². The molecule has 1 aromatic heterocycles. The molecule has 3 aromatic rings. The number of nitrogens with two attached hydrogens (primary N) is 1. The van der Waals surface area contributed by atoms with Crippen molar-refractivity contribution in [1.29, 1.82) is 0 Å².